The van der Waals surface area contributed by atoms with Crippen molar-refractivity contribution >= 4 is 6.09 Å². The lowest BCUT2D eigenvalue weighted by molar-refractivity contribution is 0.0924. The van der Waals surface area contributed by atoms with E-state index >= 15 is 0 Å². The number of likely N-dealkylation sites (tertiary alicyclic amines) is 1. The molecule has 0 aliphatic carbocycles. The van der Waals surface area contributed by atoms with Crippen LogP contribution in [0.1, 0.15) is 17.5 Å². The first kappa shape index (κ1) is 16.1. The Labute approximate surface area is 146 Å². The van der Waals surface area contributed by atoms with Gasteiger partial charge in [0.2, 0.25) is 0 Å². The van der Waals surface area contributed by atoms with Gasteiger partial charge in [-0.05, 0) is 29.7 Å². The van der Waals surface area contributed by atoms with E-state index in [0.29, 0.717) is 25.2 Å². The average Bonchev–Trinajstić information content (AvgIpc) is 3.34. The Morgan fingerprint density at radius 1 is 1.04 bits per heavy atom. The van der Waals surface area contributed by atoms with E-state index in [1.165, 1.54) is 12.1 Å². The zero-order valence-electron chi connectivity index (χ0n) is 14.0. The van der Waals surface area contributed by atoms with Gasteiger partial charge < -0.3 is 9.64 Å². The third-order valence-electron chi connectivity index (χ3n) is 5.05. The van der Waals surface area contributed by atoms with Gasteiger partial charge in [0.25, 0.3) is 0 Å². The SMILES string of the molecule is O=C(OCc1ccccc1)N1CC[C@H]2[C@@H](C1)N2Cc1ccc(F)cc1. The molecule has 0 N–H and O–H groups in total. The van der Waals surface area contributed by atoms with Crippen molar-refractivity contribution < 1.29 is 13.9 Å². The summed E-state index contributed by atoms with van der Waals surface area (Å²) >= 11 is 0. The van der Waals surface area contributed by atoms with Gasteiger partial charge in [0, 0.05) is 31.7 Å². The van der Waals surface area contributed by atoms with Crippen LogP contribution in [0, 0.1) is 5.82 Å². The van der Waals surface area contributed by atoms with Gasteiger partial charge in [-0.2, -0.15) is 0 Å². The highest BCUT2D eigenvalue weighted by Crippen LogP contribution is 2.37. The molecule has 2 aliphatic heterocycles. The minimum absolute atomic E-state index is 0.209. The van der Waals surface area contributed by atoms with Crippen LogP contribution < -0.4 is 0 Å². The van der Waals surface area contributed by atoms with Gasteiger partial charge in [0.1, 0.15) is 12.4 Å². The van der Waals surface area contributed by atoms with E-state index in [-0.39, 0.29) is 11.9 Å². The van der Waals surface area contributed by atoms with Gasteiger partial charge >= 0.3 is 6.09 Å². The molecule has 0 aromatic heterocycles. The Balaban J connectivity index is 1.28. The number of carbonyl (C=O) groups excluding carboxylic acids is 1. The Morgan fingerprint density at radius 3 is 2.56 bits per heavy atom. The summed E-state index contributed by atoms with van der Waals surface area (Å²) in [6, 6.07) is 17.3. The fraction of sp³-hybridized carbons (Fsp3) is 0.350. The molecule has 2 aromatic rings. The summed E-state index contributed by atoms with van der Waals surface area (Å²) in [5.41, 5.74) is 2.10. The monoisotopic (exact) mass is 340 g/mol. The van der Waals surface area contributed by atoms with Crippen LogP contribution in [0.25, 0.3) is 0 Å². The summed E-state index contributed by atoms with van der Waals surface area (Å²) in [5.74, 6) is -0.209. The molecule has 2 aromatic carbocycles. The topological polar surface area (TPSA) is 32.5 Å². The van der Waals surface area contributed by atoms with Crippen molar-refractivity contribution in [2.24, 2.45) is 0 Å². The standard InChI is InChI=1S/C20H21FN2O2/c21-17-8-6-15(7-9-17)12-23-18-10-11-22(13-19(18)23)20(24)25-14-16-4-2-1-3-5-16/h1-9,18-19H,10-14H2/t18-,19+,23?/m0/s1. The lowest BCUT2D eigenvalue weighted by Gasteiger charge is -2.24. The van der Waals surface area contributed by atoms with Gasteiger partial charge in [0.05, 0.1) is 0 Å². The smallest absolute Gasteiger partial charge is 0.410 e. The molecule has 0 bridgehead atoms. The van der Waals surface area contributed by atoms with Crippen LogP contribution in [0.2, 0.25) is 0 Å². The average molecular weight is 340 g/mol. The highest BCUT2D eigenvalue weighted by atomic mass is 19.1. The molecule has 0 spiro atoms. The maximum atomic E-state index is 13.0. The van der Waals surface area contributed by atoms with Crippen molar-refractivity contribution in [3.8, 4) is 0 Å². The van der Waals surface area contributed by atoms with Crippen molar-refractivity contribution in [3.05, 3.63) is 71.5 Å². The molecular formula is C20H21FN2O2. The second-order valence-electron chi connectivity index (χ2n) is 6.71. The summed E-state index contributed by atoms with van der Waals surface area (Å²) in [4.78, 5) is 16.5. The van der Waals surface area contributed by atoms with Crippen LogP contribution in [-0.4, -0.2) is 41.1 Å². The number of rotatable bonds is 4. The maximum absolute atomic E-state index is 13.0. The molecule has 2 saturated heterocycles. The van der Waals surface area contributed by atoms with Crippen LogP contribution in [0.4, 0.5) is 9.18 Å². The summed E-state index contributed by atoms with van der Waals surface area (Å²) < 4.78 is 18.4. The first-order chi connectivity index (χ1) is 12.2. The molecule has 3 atom stereocenters. The van der Waals surface area contributed by atoms with E-state index in [2.05, 4.69) is 4.90 Å². The number of hydrogen-bond donors (Lipinski definition) is 0. The summed E-state index contributed by atoms with van der Waals surface area (Å²) in [7, 11) is 0. The van der Waals surface area contributed by atoms with E-state index in [9.17, 15) is 9.18 Å². The molecule has 25 heavy (non-hydrogen) atoms. The predicted molar refractivity (Wildman–Crippen MR) is 92.3 cm³/mol. The predicted octanol–water partition coefficient (Wildman–Crippen LogP) is 3.42. The van der Waals surface area contributed by atoms with E-state index in [1.807, 2.05) is 42.5 Å². The number of hydrogen-bond acceptors (Lipinski definition) is 3. The van der Waals surface area contributed by atoms with Crippen molar-refractivity contribution in [2.75, 3.05) is 13.1 Å². The molecule has 130 valence electrons. The first-order valence-corrected chi connectivity index (χ1v) is 8.66. The van der Waals surface area contributed by atoms with E-state index < -0.39 is 0 Å². The zero-order valence-corrected chi connectivity index (χ0v) is 14.0. The molecule has 2 fully saturated rings. The normalized spacial score (nSPS) is 24.5. The molecule has 0 saturated carbocycles. The fourth-order valence-electron chi connectivity index (χ4n) is 3.59. The summed E-state index contributed by atoms with van der Waals surface area (Å²) in [5, 5.41) is 0. The second kappa shape index (κ2) is 6.84. The number of nitrogens with zero attached hydrogens (tertiary/aromatic N) is 2. The summed E-state index contributed by atoms with van der Waals surface area (Å²) in [6.45, 7) is 2.56. The molecule has 0 radical (unpaired) electrons. The number of halogens is 1. The summed E-state index contributed by atoms with van der Waals surface area (Å²) in [6.07, 6.45) is 0.725. The number of carbonyl (C=O) groups is 1. The molecule has 1 unspecified atom stereocenters. The van der Waals surface area contributed by atoms with Gasteiger partial charge in [-0.3, -0.25) is 4.90 Å². The minimum Gasteiger partial charge on any atom is -0.445 e. The van der Waals surface area contributed by atoms with Crippen molar-refractivity contribution in [2.45, 2.75) is 31.7 Å². The molecule has 5 heteroatoms. The largest absolute Gasteiger partial charge is 0.445 e. The van der Waals surface area contributed by atoms with Crippen LogP contribution >= 0.6 is 0 Å². The molecular weight excluding hydrogens is 319 g/mol. The van der Waals surface area contributed by atoms with Crippen LogP contribution in [0.5, 0.6) is 0 Å². The van der Waals surface area contributed by atoms with Gasteiger partial charge in [-0.1, -0.05) is 42.5 Å². The molecule has 1 amide bonds. The van der Waals surface area contributed by atoms with E-state index in [0.717, 1.165) is 30.6 Å². The van der Waals surface area contributed by atoms with Crippen LogP contribution in [0.3, 0.4) is 0 Å². The Kier molecular flexibility index (Phi) is 4.40. The van der Waals surface area contributed by atoms with E-state index in [1.54, 1.807) is 4.90 Å². The van der Waals surface area contributed by atoms with Crippen LogP contribution in [0.15, 0.2) is 54.6 Å². The van der Waals surface area contributed by atoms with Crippen molar-refractivity contribution in [1.82, 2.24) is 9.80 Å². The number of piperidine rings is 1. The third-order valence-corrected chi connectivity index (χ3v) is 5.05. The minimum atomic E-state index is -0.240. The lowest BCUT2D eigenvalue weighted by Crippen LogP contribution is -2.39. The van der Waals surface area contributed by atoms with Gasteiger partial charge in [-0.25, -0.2) is 9.18 Å². The molecule has 4 rings (SSSR count). The van der Waals surface area contributed by atoms with Crippen molar-refractivity contribution in [3.63, 3.8) is 0 Å². The van der Waals surface area contributed by atoms with E-state index in [4.69, 9.17) is 4.74 Å². The quantitative estimate of drug-likeness (QED) is 0.800. The second-order valence-corrected chi connectivity index (χ2v) is 6.71. The third kappa shape index (κ3) is 3.66. The first-order valence-electron chi connectivity index (χ1n) is 8.66. The lowest BCUT2D eigenvalue weighted by atomic mass is 10.1. The van der Waals surface area contributed by atoms with Crippen molar-refractivity contribution in [1.29, 1.82) is 0 Å². The molecule has 4 nitrogen and oxygen atoms in total. The van der Waals surface area contributed by atoms with Crippen LogP contribution in [-0.2, 0) is 17.9 Å². The highest BCUT2D eigenvalue weighted by molar-refractivity contribution is 5.68. The number of benzene rings is 2. The molecule has 2 aliphatic rings. The molecule has 2 heterocycles. The zero-order chi connectivity index (χ0) is 17.2. The maximum Gasteiger partial charge on any atom is 0.410 e. The Hall–Kier alpha value is -2.40. The Bertz CT molecular complexity index is 735. The highest BCUT2D eigenvalue weighted by Gasteiger charge is 2.51. The fourth-order valence-corrected chi connectivity index (χ4v) is 3.59. The number of fused-ring (bicyclic) bond motifs is 1. The number of amides is 1. The number of ether oxygens (including phenoxy) is 1. The van der Waals surface area contributed by atoms with Gasteiger partial charge in [-0.15, -0.1) is 0 Å². The van der Waals surface area contributed by atoms with Gasteiger partial charge in [0.15, 0.2) is 0 Å². The Morgan fingerprint density at radius 2 is 1.80 bits per heavy atom.